The molecule has 0 radical (unpaired) electrons. The predicted octanol–water partition coefficient (Wildman–Crippen LogP) is 2.94. The van der Waals surface area contributed by atoms with Gasteiger partial charge in [0.25, 0.3) is 0 Å². The molecule has 1 rings (SSSR count). The van der Waals surface area contributed by atoms with Crippen molar-refractivity contribution >= 4 is 5.97 Å². The summed E-state index contributed by atoms with van der Waals surface area (Å²) in [7, 11) is 0. The average molecular weight is 204 g/mol. The summed E-state index contributed by atoms with van der Waals surface area (Å²) in [5.74, 6) is -0.444. The molecule has 0 aliphatic heterocycles. The molecule has 0 N–H and O–H groups in total. The maximum Gasteiger partial charge on any atom is 0.313 e. The molecule has 0 aliphatic carbocycles. The Kier molecular flexibility index (Phi) is 4.10. The molecule has 0 amide bonds. The number of hydrogen-bond donors (Lipinski definition) is 0. The molecule has 1 aromatic carbocycles. The van der Waals surface area contributed by atoms with Gasteiger partial charge < -0.3 is 4.74 Å². The molecule has 0 spiro atoms. The van der Waals surface area contributed by atoms with Gasteiger partial charge in [-0.1, -0.05) is 42.5 Å². The van der Waals surface area contributed by atoms with Crippen LogP contribution in [0.1, 0.15) is 19.4 Å². The van der Waals surface area contributed by atoms with E-state index < -0.39 is 0 Å². The van der Waals surface area contributed by atoms with Gasteiger partial charge in [0.15, 0.2) is 0 Å². The van der Waals surface area contributed by atoms with Crippen molar-refractivity contribution in [1.82, 2.24) is 0 Å². The van der Waals surface area contributed by atoms with Crippen LogP contribution in [0.4, 0.5) is 0 Å². The molecule has 0 saturated carbocycles. The Bertz CT molecular complexity index is 341. The highest BCUT2D eigenvalue weighted by atomic mass is 16.5. The molecule has 80 valence electrons. The summed E-state index contributed by atoms with van der Waals surface area (Å²) in [5.41, 5.74) is 1.83. The van der Waals surface area contributed by atoms with Crippen molar-refractivity contribution in [3.05, 3.63) is 48.0 Å². The number of benzene rings is 1. The number of ether oxygens (including phenoxy) is 1. The Morgan fingerprint density at radius 2 is 2.00 bits per heavy atom. The molecule has 0 bridgehead atoms. The molecule has 0 aromatic heterocycles. The molecule has 15 heavy (non-hydrogen) atoms. The van der Waals surface area contributed by atoms with E-state index in [1.165, 1.54) is 0 Å². The van der Waals surface area contributed by atoms with E-state index in [0.29, 0.717) is 6.61 Å². The van der Waals surface area contributed by atoms with E-state index in [0.717, 1.165) is 11.1 Å². The predicted molar refractivity (Wildman–Crippen MR) is 60.2 cm³/mol. The van der Waals surface area contributed by atoms with Crippen LogP contribution in [0.25, 0.3) is 0 Å². The van der Waals surface area contributed by atoms with E-state index in [2.05, 4.69) is 6.58 Å². The molecule has 0 aliphatic rings. The highest BCUT2D eigenvalue weighted by molar-refractivity contribution is 5.74. The quantitative estimate of drug-likeness (QED) is 0.556. The van der Waals surface area contributed by atoms with Crippen LogP contribution in [-0.4, -0.2) is 5.97 Å². The molecule has 1 aromatic rings. The maximum absolute atomic E-state index is 11.5. The molecule has 0 unspecified atom stereocenters. The van der Waals surface area contributed by atoms with Gasteiger partial charge in [-0.15, -0.1) is 0 Å². The monoisotopic (exact) mass is 204 g/mol. The third-order valence-electron chi connectivity index (χ3n) is 2.32. The summed E-state index contributed by atoms with van der Waals surface area (Å²) in [6.07, 6.45) is 0. The van der Waals surface area contributed by atoms with Crippen LogP contribution >= 0.6 is 0 Å². The fraction of sp³-hybridized carbons (Fsp3) is 0.308. The SMILES string of the molecule is C=C(C)[C@H](C)C(=O)OCc1ccccc1. The first kappa shape index (κ1) is 11.5. The number of rotatable bonds is 4. The van der Waals surface area contributed by atoms with Crippen molar-refractivity contribution < 1.29 is 9.53 Å². The molecular formula is C13H16O2. The molecule has 0 heterocycles. The summed E-state index contributed by atoms with van der Waals surface area (Å²) in [4.78, 5) is 11.5. The van der Waals surface area contributed by atoms with Gasteiger partial charge >= 0.3 is 5.97 Å². The summed E-state index contributed by atoms with van der Waals surface area (Å²) in [5, 5.41) is 0. The summed E-state index contributed by atoms with van der Waals surface area (Å²) >= 11 is 0. The van der Waals surface area contributed by atoms with Crippen LogP contribution < -0.4 is 0 Å². The lowest BCUT2D eigenvalue weighted by molar-refractivity contribution is -0.147. The first-order valence-electron chi connectivity index (χ1n) is 4.97. The van der Waals surface area contributed by atoms with Crippen LogP contribution in [0.2, 0.25) is 0 Å². The van der Waals surface area contributed by atoms with Crippen molar-refractivity contribution in [2.24, 2.45) is 5.92 Å². The fourth-order valence-corrected chi connectivity index (χ4v) is 1.05. The largest absolute Gasteiger partial charge is 0.460 e. The Balaban J connectivity index is 2.44. The standard InChI is InChI=1S/C13H16O2/c1-10(2)11(3)13(14)15-9-12-7-5-4-6-8-12/h4-8,11H,1,9H2,2-3H3/t11-/m0/s1. The molecule has 0 saturated heterocycles. The number of hydrogen-bond acceptors (Lipinski definition) is 2. The zero-order valence-electron chi connectivity index (χ0n) is 9.19. The zero-order chi connectivity index (χ0) is 11.3. The summed E-state index contributed by atoms with van der Waals surface area (Å²) in [6.45, 7) is 7.69. The Hall–Kier alpha value is -1.57. The van der Waals surface area contributed by atoms with Gasteiger partial charge in [-0.3, -0.25) is 4.79 Å². The van der Waals surface area contributed by atoms with Crippen molar-refractivity contribution in [2.45, 2.75) is 20.5 Å². The van der Waals surface area contributed by atoms with E-state index in [4.69, 9.17) is 4.74 Å². The second-order valence-corrected chi connectivity index (χ2v) is 3.66. The molecule has 2 heteroatoms. The lowest BCUT2D eigenvalue weighted by Gasteiger charge is -2.10. The first-order chi connectivity index (χ1) is 7.11. The first-order valence-corrected chi connectivity index (χ1v) is 4.97. The maximum atomic E-state index is 11.5. The van der Waals surface area contributed by atoms with Crippen molar-refractivity contribution in [3.63, 3.8) is 0 Å². The van der Waals surface area contributed by atoms with E-state index in [1.54, 1.807) is 6.92 Å². The smallest absolute Gasteiger partial charge is 0.313 e. The lowest BCUT2D eigenvalue weighted by Crippen LogP contribution is -2.15. The molecule has 1 atom stereocenters. The van der Waals surface area contributed by atoms with Crippen molar-refractivity contribution in [1.29, 1.82) is 0 Å². The van der Waals surface area contributed by atoms with Crippen molar-refractivity contribution in [2.75, 3.05) is 0 Å². The van der Waals surface area contributed by atoms with Crippen LogP contribution in [0.5, 0.6) is 0 Å². The summed E-state index contributed by atoms with van der Waals surface area (Å²) in [6, 6.07) is 9.63. The molecule has 0 fully saturated rings. The third-order valence-corrected chi connectivity index (χ3v) is 2.32. The number of carbonyl (C=O) groups is 1. The zero-order valence-corrected chi connectivity index (χ0v) is 9.19. The summed E-state index contributed by atoms with van der Waals surface area (Å²) < 4.78 is 5.15. The van der Waals surface area contributed by atoms with Crippen LogP contribution in [-0.2, 0) is 16.1 Å². The van der Waals surface area contributed by atoms with Gasteiger partial charge in [0.1, 0.15) is 6.61 Å². The topological polar surface area (TPSA) is 26.3 Å². The van der Waals surface area contributed by atoms with Gasteiger partial charge in [0.2, 0.25) is 0 Å². The van der Waals surface area contributed by atoms with Crippen LogP contribution in [0, 0.1) is 5.92 Å². The van der Waals surface area contributed by atoms with Gasteiger partial charge in [-0.05, 0) is 19.4 Å². The molecular weight excluding hydrogens is 188 g/mol. The fourth-order valence-electron chi connectivity index (χ4n) is 1.05. The number of esters is 1. The lowest BCUT2D eigenvalue weighted by atomic mass is 10.1. The van der Waals surface area contributed by atoms with Gasteiger partial charge in [-0.25, -0.2) is 0 Å². The van der Waals surface area contributed by atoms with Gasteiger partial charge in [0.05, 0.1) is 5.92 Å². The average Bonchev–Trinajstić information content (AvgIpc) is 2.26. The Labute approximate surface area is 90.6 Å². The van der Waals surface area contributed by atoms with E-state index >= 15 is 0 Å². The molecule has 2 nitrogen and oxygen atoms in total. The van der Waals surface area contributed by atoms with E-state index in [1.807, 2.05) is 37.3 Å². The Morgan fingerprint density at radius 3 is 2.53 bits per heavy atom. The third kappa shape index (κ3) is 3.58. The highest BCUT2D eigenvalue weighted by Crippen LogP contribution is 2.10. The normalized spacial score (nSPS) is 11.9. The van der Waals surface area contributed by atoms with Gasteiger partial charge in [0, 0.05) is 0 Å². The number of carbonyl (C=O) groups excluding carboxylic acids is 1. The van der Waals surface area contributed by atoms with Crippen molar-refractivity contribution in [3.8, 4) is 0 Å². The van der Waals surface area contributed by atoms with E-state index in [9.17, 15) is 4.79 Å². The second-order valence-electron chi connectivity index (χ2n) is 3.66. The van der Waals surface area contributed by atoms with Crippen LogP contribution in [0.3, 0.4) is 0 Å². The van der Waals surface area contributed by atoms with Gasteiger partial charge in [-0.2, -0.15) is 0 Å². The highest BCUT2D eigenvalue weighted by Gasteiger charge is 2.14. The second kappa shape index (κ2) is 5.35. The van der Waals surface area contributed by atoms with E-state index in [-0.39, 0.29) is 11.9 Å². The minimum Gasteiger partial charge on any atom is -0.460 e. The minimum atomic E-state index is -0.228. The minimum absolute atomic E-state index is 0.216. The van der Waals surface area contributed by atoms with Crippen LogP contribution in [0.15, 0.2) is 42.5 Å². The Morgan fingerprint density at radius 1 is 1.40 bits per heavy atom.